The Morgan fingerprint density at radius 2 is 1.85 bits per heavy atom. The van der Waals surface area contributed by atoms with E-state index in [-0.39, 0.29) is 38.4 Å². The first-order valence-electron chi connectivity index (χ1n) is 12.0. The molecule has 1 aromatic carbocycles. The first-order chi connectivity index (χ1) is 15.1. The number of halogens is 1. The lowest BCUT2D eigenvalue weighted by molar-refractivity contribution is 0.186. The Morgan fingerprint density at radius 3 is 2.58 bits per heavy atom. The van der Waals surface area contributed by atoms with Gasteiger partial charge in [0.15, 0.2) is 0 Å². The fourth-order valence-corrected chi connectivity index (χ4v) is 6.15. The van der Waals surface area contributed by atoms with Crippen LogP contribution < -0.4 is 10.5 Å². The van der Waals surface area contributed by atoms with Gasteiger partial charge in [0.1, 0.15) is 11.6 Å². The monoisotopic (exact) mass is 490 g/mol. The summed E-state index contributed by atoms with van der Waals surface area (Å²) in [6, 6.07) is 7.46. The third kappa shape index (κ3) is 4.84. The fourth-order valence-electron chi connectivity index (χ4n) is 6.15. The van der Waals surface area contributed by atoms with Crippen molar-refractivity contribution in [2.24, 2.45) is 5.41 Å². The highest BCUT2D eigenvalue weighted by Crippen LogP contribution is 2.54. The van der Waals surface area contributed by atoms with Crippen LogP contribution in [0, 0.1) is 11.2 Å². The number of benzene rings is 1. The van der Waals surface area contributed by atoms with Crippen LogP contribution in [-0.4, -0.2) is 47.1 Å². The number of hydrogen-bond donors (Lipinski definition) is 1. The van der Waals surface area contributed by atoms with Crippen LogP contribution in [0.5, 0.6) is 0 Å². The Balaban J connectivity index is 0.00000130. The fraction of sp³-hybridized carbons (Fsp3) is 0.600. The first kappa shape index (κ1) is 24.6. The van der Waals surface area contributed by atoms with Gasteiger partial charge in [-0.25, -0.2) is 9.37 Å². The number of fused-ring (bicyclic) bond motifs is 1. The van der Waals surface area contributed by atoms with E-state index in [2.05, 4.69) is 14.8 Å². The molecule has 0 radical (unpaired) electrons. The second-order valence-corrected chi connectivity index (χ2v) is 10.2. The van der Waals surface area contributed by atoms with Crippen LogP contribution in [0.4, 0.5) is 10.1 Å². The van der Waals surface area contributed by atoms with Gasteiger partial charge in [-0.05, 0) is 75.0 Å². The van der Waals surface area contributed by atoms with Crippen molar-refractivity contribution in [2.45, 2.75) is 63.3 Å². The lowest BCUT2D eigenvalue weighted by atomic mass is 9.84. The molecule has 5 nitrogen and oxygen atoms in total. The first-order valence-corrected chi connectivity index (χ1v) is 12.0. The molecule has 3 fully saturated rings. The highest BCUT2D eigenvalue weighted by atomic mass is 32.1. The van der Waals surface area contributed by atoms with E-state index in [4.69, 9.17) is 4.98 Å². The van der Waals surface area contributed by atoms with E-state index in [1.54, 1.807) is 12.1 Å². The van der Waals surface area contributed by atoms with E-state index >= 15 is 0 Å². The number of aromatic amines is 1. The van der Waals surface area contributed by atoms with Crippen LogP contribution in [0.3, 0.4) is 0 Å². The summed E-state index contributed by atoms with van der Waals surface area (Å²) in [6.07, 6.45) is 9.02. The molecule has 3 aliphatic carbocycles. The third-order valence-corrected chi connectivity index (χ3v) is 8.32. The molecule has 0 unspecified atom stereocenters. The molecule has 2 atom stereocenters. The Hall–Kier alpha value is -1.51. The van der Waals surface area contributed by atoms with Gasteiger partial charge >= 0.3 is 0 Å². The number of aromatic nitrogens is 2. The number of hydrogen-bond acceptors (Lipinski definition) is 4. The predicted octanol–water partition coefficient (Wildman–Crippen LogP) is 3.86. The largest absolute Gasteiger partial charge is 0.369 e. The summed E-state index contributed by atoms with van der Waals surface area (Å²) in [5.41, 5.74) is 3.58. The zero-order valence-corrected chi connectivity index (χ0v) is 21.1. The van der Waals surface area contributed by atoms with E-state index < -0.39 is 0 Å². The minimum Gasteiger partial charge on any atom is -0.369 e. The van der Waals surface area contributed by atoms with Crippen LogP contribution in [0.2, 0.25) is 0 Å². The molecule has 1 spiro atoms. The molecule has 1 N–H and O–H groups in total. The van der Waals surface area contributed by atoms with Crippen molar-refractivity contribution in [3.8, 4) is 0 Å². The molecule has 8 heteroatoms. The predicted molar refractivity (Wildman–Crippen MR) is 140 cm³/mol. The highest BCUT2D eigenvalue weighted by molar-refractivity contribution is 7.59. The standard InChI is InChI=1S/C25H31FN4O.2H2S/c26-18-2-1-3-19(15-18)29-10-12-30(13-11-29)20-5-4-17(14-20)23-27-22-6-7-25(8-9-25)16-21(22)24(31)28-23;;/h1-3,15,17,20H,4-14,16H2,(H,27,28,31);2*1H2/t17-,20-;;/m0../s1. The molecular formula is C25H35FN4OS2. The Labute approximate surface area is 209 Å². The van der Waals surface area contributed by atoms with E-state index in [0.29, 0.717) is 17.4 Å². The molecule has 1 saturated heterocycles. The van der Waals surface area contributed by atoms with Crippen molar-refractivity contribution in [3.05, 3.63) is 57.5 Å². The molecule has 0 amide bonds. The van der Waals surface area contributed by atoms with Gasteiger partial charge in [0, 0.05) is 49.4 Å². The van der Waals surface area contributed by atoms with E-state index in [1.807, 2.05) is 6.07 Å². The SMILES string of the molecule is O=c1[nH]c([C@H]2CC[C@H](N3CCN(c4cccc(F)c4)CC3)C2)nc2c1CC1(CC2)CC1.S.S. The lowest BCUT2D eigenvalue weighted by Gasteiger charge is -2.39. The summed E-state index contributed by atoms with van der Waals surface area (Å²) in [5, 5.41) is 0. The Bertz CT molecular complexity index is 1050. The molecule has 2 heterocycles. The summed E-state index contributed by atoms with van der Waals surface area (Å²) >= 11 is 0. The van der Waals surface area contributed by atoms with Gasteiger partial charge in [-0.1, -0.05) is 6.07 Å². The summed E-state index contributed by atoms with van der Waals surface area (Å²) < 4.78 is 13.6. The summed E-state index contributed by atoms with van der Waals surface area (Å²) in [7, 11) is 0. The van der Waals surface area contributed by atoms with Crippen molar-refractivity contribution in [1.82, 2.24) is 14.9 Å². The van der Waals surface area contributed by atoms with Crippen molar-refractivity contribution in [3.63, 3.8) is 0 Å². The van der Waals surface area contributed by atoms with Gasteiger partial charge in [0.2, 0.25) is 0 Å². The maximum Gasteiger partial charge on any atom is 0.254 e. The zero-order chi connectivity index (χ0) is 21.0. The molecule has 4 aliphatic rings. The van der Waals surface area contributed by atoms with Crippen molar-refractivity contribution in [1.29, 1.82) is 0 Å². The Kier molecular flexibility index (Phi) is 7.18. The number of anilines is 1. The number of nitrogens with zero attached hydrogens (tertiary/aromatic N) is 3. The highest BCUT2D eigenvalue weighted by Gasteiger charge is 2.46. The minimum absolute atomic E-state index is 0. The molecule has 6 rings (SSSR count). The topological polar surface area (TPSA) is 52.2 Å². The van der Waals surface area contributed by atoms with Crippen molar-refractivity contribution >= 4 is 32.7 Å². The molecule has 1 aliphatic heterocycles. The maximum atomic E-state index is 13.6. The molecule has 2 saturated carbocycles. The van der Waals surface area contributed by atoms with Gasteiger partial charge in [0.05, 0.1) is 5.69 Å². The number of piperazine rings is 1. The summed E-state index contributed by atoms with van der Waals surface area (Å²) in [4.78, 5) is 25.8. The third-order valence-electron chi connectivity index (χ3n) is 8.32. The molecule has 180 valence electrons. The quantitative estimate of drug-likeness (QED) is 0.710. The van der Waals surface area contributed by atoms with Crippen LogP contribution >= 0.6 is 27.0 Å². The average molecular weight is 491 g/mol. The van der Waals surface area contributed by atoms with Gasteiger partial charge in [0.25, 0.3) is 5.56 Å². The van der Waals surface area contributed by atoms with E-state index in [0.717, 1.165) is 81.1 Å². The molecule has 0 bridgehead atoms. The van der Waals surface area contributed by atoms with Crippen LogP contribution in [0.25, 0.3) is 0 Å². The number of H-pyrrole nitrogens is 1. The zero-order valence-electron chi connectivity index (χ0n) is 19.1. The second-order valence-electron chi connectivity index (χ2n) is 10.2. The molecular weight excluding hydrogens is 455 g/mol. The van der Waals surface area contributed by atoms with Gasteiger partial charge in [-0.15, -0.1) is 0 Å². The second kappa shape index (κ2) is 9.62. The summed E-state index contributed by atoms with van der Waals surface area (Å²) in [5.74, 6) is 1.12. The summed E-state index contributed by atoms with van der Waals surface area (Å²) in [6.45, 7) is 3.87. The van der Waals surface area contributed by atoms with Gasteiger partial charge in [-0.2, -0.15) is 27.0 Å². The van der Waals surface area contributed by atoms with Crippen molar-refractivity contribution < 1.29 is 4.39 Å². The maximum absolute atomic E-state index is 13.6. The van der Waals surface area contributed by atoms with Gasteiger partial charge in [-0.3, -0.25) is 9.69 Å². The van der Waals surface area contributed by atoms with Crippen LogP contribution in [0.15, 0.2) is 29.1 Å². The van der Waals surface area contributed by atoms with Crippen molar-refractivity contribution in [2.75, 3.05) is 31.1 Å². The Morgan fingerprint density at radius 1 is 1.06 bits per heavy atom. The van der Waals surface area contributed by atoms with E-state index in [9.17, 15) is 9.18 Å². The minimum atomic E-state index is -0.169. The van der Waals surface area contributed by atoms with E-state index in [1.165, 1.54) is 25.3 Å². The van der Waals surface area contributed by atoms with Crippen LogP contribution in [0.1, 0.15) is 61.5 Å². The average Bonchev–Trinajstić information content (AvgIpc) is 3.34. The molecule has 2 aromatic rings. The number of nitrogens with one attached hydrogen (secondary N) is 1. The molecule has 33 heavy (non-hydrogen) atoms. The smallest absolute Gasteiger partial charge is 0.254 e. The normalized spacial score (nSPS) is 25.8. The van der Waals surface area contributed by atoms with Crippen LogP contribution in [-0.2, 0) is 12.8 Å². The number of rotatable bonds is 3. The lowest BCUT2D eigenvalue weighted by Crippen LogP contribution is -2.49. The van der Waals surface area contributed by atoms with Gasteiger partial charge < -0.3 is 9.88 Å². The number of aryl methyl sites for hydroxylation is 1. The molecule has 1 aromatic heterocycles.